The monoisotopic (exact) mass is 382 g/mol. The van der Waals surface area contributed by atoms with Crippen molar-refractivity contribution in [3.63, 3.8) is 0 Å². The summed E-state index contributed by atoms with van der Waals surface area (Å²) in [6.45, 7) is 6.64. The van der Waals surface area contributed by atoms with Crippen molar-refractivity contribution in [2.45, 2.75) is 102 Å². The van der Waals surface area contributed by atoms with Crippen LogP contribution in [0.2, 0.25) is 0 Å². The summed E-state index contributed by atoms with van der Waals surface area (Å²) in [7, 11) is -3.65. The third-order valence-corrected chi connectivity index (χ3v) is 6.09. The molecule has 0 spiro atoms. The molecule has 0 fully saturated rings. The van der Waals surface area contributed by atoms with E-state index in [4.69, 9.17) is 4.18 Å². The maximum Gasteiger partial charge on any atom is 0.297 e. The molecular weight excluding hydrogens is 344 g/mol. The predicted octanol–water partition coefficient (Wildman–Crippen LogP) is 6.73. The number of rotatable bonds is 15. The first-order valence-corrected chi connectivity index (χ1v) is 11.8. The van der Waals surface area contributed by atoms with Crippen LogP contribution in [0.15, 0.2) is 35.2 Å². The average molecular weight is 383 g/mol. The second kappa shape index (κ2) is 13.3. The second-order valence-electron chi connectivity index (χ2n) is 7.72. The van der Waals surface area contributed by atoms with Gasteiger partial charge in [0.05, 0.1) is 11.0 Å². The Bertz CT molecular complexity index is 552. The van der Waals surface area contributed by atoms with Crippen LogP contribution in [0, 0.1) is 5.92 Å². The van der Waals surface area contributed by atoms with Gasteiger partial charge in [0, 0.05) is 0 Å². The molecule has 0 saturated carbocycles. The lowest BCUT2D eigenvalue weighted by Crippen LogP contribution is -2.18. The highest BCUT2D eigenvalue weighted by molar-refractivity contribution is 7.86. The lowest BCUT2D eigenvalue weighted by molar-refractivity contribution is 0.183. The van der Waals surface area contributed by atoms with E-state index in [1.807, 2.05) is 6.07 Å². The van der Waals surface area contributed by atoms with Crippen molar-refractivity contribution >= 4 is 10.1 Å². The summed E-state index contributed by atoms with van der Waals surface area (Å²) in [5.74, 6) is 0.817. The standard InChI is InChI=1S/C22H38O3S/c1-4-15-21(25-26(23,24)22-18-13-10-14-19-22)17-12-9-7-5-6-8-11-16-20(2)3/h10,13-14,18-21H,4-9,11-12,15-17H2,1-3H3. The third kappa shape index (κ3) is 10.3. The van der Waals surface area contributed by atoms with Crippen molar-refractivity contribution in [3.05, 3.63) is 30.3 Å². The summed E-state index contributed by atoms with van der Waals surface area (Å²) in [6.07, 6.45) is 12.5. The van der Waals surface area contributed by atoms with E-state index in [2.05, 4.69) is 20.8 Å². The van der Waals surface area contributed by atoms with Crippen LogP contribution in [0.4, 0.5) is 0 Å². The lowest BCUT2D eigenvalue weighted by Gasteiger charge is -2.17. The van der Waals surface area contributed by atoms with Crippen molar-refractivity contribution in [3.8, 4) is 0 Å². The van der Waals surface area contributed by atoms with Crippen LogP contribution in [-0.4, -0.2) is 14.5 Å². The molecule has 1 aromatic rings. The van der Waals surface area contributed by atoms with Gasteiger partial charge in [0.1, 0.15) is 0 Å². The first-order chi connectivity index (χ1) is 12.5. The van der Waals surface area contributed by atoms with Gasteiger partial charge in [-0.2, -0.15) is 8.42 Å². The quantitative estimate of drug-likeness (QED) is 0.249. The SMILES string of the molecule is CCCC(CCCCCCCCCC(C)C)OS(=O)(=O)c1ccccc1. The lowest BCUT2D eigenvalue weighted by atomic mass is 10.0. The highest BCUT2D eigenvalue weighted by atomic mass is 32.2. The van der Waals surface area contributed by atoms with Gasteiger partial charge in [-0.1, -0.05) is 96.8 Å². The molecule has 1 rings (SSSR count). The van der Waals surface area contributed by atoms with Gasteiger partial charge in [0.25, 0.3) is 10.1 Å². The molecule has 0 bridgehead atoms. The van der Waals surface area contributed by atoms with E-state index in [1.54, 1.807) is 24.3 Å². The smallest absolute Gasteiger partial charge is 0.263 e. The summed E-state index contributed by atoms with van der Waals surface area (Å²) >= 11 is 0. The molecule has 0 aliphatic rings. The maximum absolute atomic E-state index is 12.4. The number of hydrogen-bond acceptors (Lipinski definition) is 3. The normalized spacial score (nSPS) is 13.2. The molecule has 4 heteroatoms. The molecule has 0 radical (unpaired) electrons. The van der Waals surface area contributed by atoms with E-state index < -0.39 is 10.1 Å². The minimum Gasteiger partial charge on any atom is -0.263 e. The molecule has 0 amide bonds. The first-order valence-electron chi connectivity index (χ1n) is 10.4. The van der Waals surface area contributed by atoms with Crippen LogP contribution < -0.4 is 0 Å². The molecule has 0 aliphatic carbocycles. The molecule has 1 atom stereocenters. The molecule has 3 nitrogen and oxygen atoms in total. The minimum absolute atomic E-state index is 0.198. The van der Waals surface area contributed by atoms with Gasteiger partial charge >= 0.3 is 0 Å². The van der Waals surface area contributed by atoms with Crippen molar-refractivity contribution in [2.24, 2.45) is 5.92 Å². The van der Waals surface area contributed by atoms with E-state index in [-0.39, 0.29) is 11.0 Å². The Balaban J connectivity index is 2.25. The van der Waals surface area contributed by atoms with Crippen molar-refractivity contribution in [1.82, 2.24) is 0 Å². The average Bonchev–Trinajstić information content (AvgIpc) is 2.60. The number of unbranched alkanes of at least 4 members (excludes halogenated alkanes) is 6. The molecular formula is C22H38O3S. The van der Waals surface area contributed by atoms with E-state index in [1.165, 1.54) is 44.9 Å². The number of benzene rings is 1. The van der Waals surface area contributed by atoms with Crippen molar-refractivity contribution in [1.29, 1.82) is 0 Å². The molecule has 1 aromatic carbocycles. The Hall–Kier alpha value is -0.870. The van der Waals surface area contributed by atoms with Gasteiger partial charge in [-0.3, -0.25) is 4.18 Å². The molecule has 0 saturated heterocycles. The maximum atomic E-state index is 12.4. The summed E-state index contributed by atoms with van der Waals surface area (Å²) in [5, 5.41) is 0. The van der Waals surface area contributed by atoms with Crippen LogP contribution in [-0.2, 0) is 14.3 Å². The summed E-state index contributed by atoms with van der Waals surface area (Å²) in [4.78, 5) is 0.252. The predicted molar refractivity (Wildman–Crippen MR) is 110 cm³/mol. The Morgan fingerprint density at radius 3 is 1.88 bits per heavy atom. The topological polar surface area (TPSA) is 43.4 Å². The fourth-order valence-corrected chi connectivity index (χ4v) is 4.35. The Kier molecular flexibility index (Phi) is 11.9. The second-order valence-corrected chi connectivity index (χ2v) is 9.29. The van der Waals surface area contributed by atoms with Crippen LogP contribution in [0.5, 0.6) is 0 Å². The van der Waals surface area contributed by atoms with E-state index in [0.29, 0.717) is 0 Å². The Labute approximate surface area is 161 Å². The molecule has 0 aliphatic heterocycles. The van der Waals surface area contributed by atoms with Gasteiger partial charge in [-0.15, -0.1) is 0 Å². The third-order valence-electron chi connectivity index (χ3n) is 4.71. The van der Waals surface area contributed by atoms with Crippen molar-refractivity contribution in [2.75, 3.05) is 0 Å². The molecule has 26 heavy (non-hydrogen) atoms. The fraction of sp³-hybridized carbons (Fsp3) is 0.727. The summed E-state index contributed by atoms with van der Waals surface area (Å²) in [6, 6.07) is 8.46. The number of hydrogen-bond donors (Lipinski definition) is 0. The molecule has 0 heterocycles. The van der Waals surface area contributed by atoms with Gasteiger partial charge in [-0.25, -0.2) is 0 Å². The fourth-order valence-electron chi connectivity index (χ4n) is 3.19. The zero-order chi connectivity index (χ0) is 19.3. The van der Waals surface area contributed by atoms with E-state index >= 15 is 0 Å². The highest BCUT2D eigenvalue weighted by Gasteiger charge is 2.20. The zero-order valence-corrected chi connectivity index (χ0v) is 17.8. The highest BCUT2D eigenvalue weighted by Crippen LogP contribution is 2.20. The van der Waals surface area contributed by atoms with Crippen LogP contribution in [0.1, 0.15) is 91.4 Å². The molecule has 0 N–H and O–H groups in total. The van der Waals surface area contributed by atoms with Gasteiger partial charge in [-0.05, 0) is 30.9 Å². The van der Waals surface area contributed by atoms with Crippen molar-refractivity contribution < 1.29 is 12.6 Å². The van der Waals surface area contributed by atoms with Crippen LogP contribution >= 0.6 is 0 Å². The van der Waals surface area contributed by atoms with E-state index in [0.717, 1.165) is 31.6 Å². The summed E-state index contributed by atoms with van der Waals surface area (Å²) < 4.78 is 30.3. The largest absolute Gasteiger partial charge is 0.297 e. The van der Waals surface area contributed by atoms with Gasteiger partial charge < -0.3 is 0 Å². The summed E-state index contributed by atoms with van der Waals surface area (Å²) in [5.41, 5.74) is 0. The van der Waals surface area contributed by atoms with Gasteiger partial charge in [0.2, 0.25) is 0 Å². The van der Waals surface area contributed by atoms with Gasteiger partial charge in [0.15, 0.2) is 0 Å². The Morgan fingerprint density at radius 1 is 0.808 bits per heavy atom. The van der Waals surface area contributed by atoms with Crippen LogP contribution in [0.25, 0.3) is 0 Å². The molecule has 150 valence electrons. The first kappa shape index (κ1) is 23.2. The van der Waals surface area contributed by atoms with E-state index in [9.17, 15) is 8.42 Å². The zero-order valence-electron chi connectivity index (χ0n) is 17.0. The van der Waals surface area contributed by atoms with Crippen LogP contribution in [0.3, 0.4) is 0 Å². The molecule has 1 unspecified atom stereocenters. The molecule has 0 aromatic heterocycles. The minimum atomic E-state index is -3.65. The Morgan fingerprint density at radius 2 is 1.35 bits per heavy atom.